The summed E-state index contributed by atoms with van der Waals surface area (Å²) in [6, 6.07) is 0. The summed E-state index contributed by atoms with van der Waals surface area (Å²) < 4.78 is 0. The zero-order chi connectivity index (χ0) is 20.5. The SMILES string of the molecule is CC1CCCC1.CC1CCCCC1.CCC1CCCC1.CCC1CCCCC1. The molecule has 0 aliphatic heterocycles. The zero-order valence-corrected chi connectivity index (χ0v) is 20.5. The molecule has 4 saturated carbocycles. The fraction of sp³-hybridized carbons (Fsp3) is 1.00. The molecule has 0 atom stereocenters. The summed E-state index contributed by atoms with van der Waals surface area (Å²) in [5.41, 5.74) is 0. The zero-order valence-electron chi connectivity index (χ0n) is 20.5. The van der Waals surface area contributed by atoms with Crippen LogP contribution >= 0.6 is 0 Å². The first-order valence-corrected chi connectivity index (χ1v) is 13.7. The third-order valence-corrected chi connectivity index (χ3v) is 7.89. The van der Waals surface area contributed by atoms with Crippen LogP contribution in [0.2, 0.25) is 0 Å². The predicted molar refractivity (Wildman–Crippen MR) is 129 cm³/mol. The van der Waals surface area contributed by atoms with E-state index in [0.717, 1.165) is 23.7 Å². The second kappa shape index (κ2) is 17.8. The molecular weight excluding hydrogens is 336 g/mol. The Morgan fingerprint density at radius 1 is 0.393 bits per heavy atom. The summed E-state index contributed by atoms with van der Waals surface area (Å²) >= 11 is 0. The van der Waals surface area contributed by atoms with Gasteiger partial charge in [-0.3, -0.25) is 0 Å². The summed E-state index contributed by atoms with van der Waals surface area (Å²) in [5.74, 6) is 4.27. The molecule has 4 aliphatic rings. The average molecular weight is 393 g/mol. The molecule has 0 amide bonds. The molecule has 0 radical (unpaired) electrons. The van der Waals surface area contributed by atoms with Gasteiger partial charge in [-0.1, -0.05) is 156 Å². The van der Waals surface area contributed by atoms with Crippen molar-refractivity contribution in [1.29, 1.82) is 0 Å². The maximum Gasteiger partial charge on any atom is -0.0417 e. The van der Waals surface area contributed by atoms with Crippen LogP contribution < -0.4 is 0 Å². The van der Waals surface area contributed by atoms with Crippen molar-refractivity contribution in [2.45, 2.75) is 156 Å². The van der Waals surface area contributed by atoms with E-state index >= 15 is 0 Å². The first kappa shape index (κ1) is 26.0. The molecule has 0 nitrogen and oxygen atoms in total. The molecule has 28 heavy (non-hydrogen) atoms. The molecule has 4 aliphatic carbocycles. The van der Waals surface area contributed by atoms with E-state index < -0.39 is 0 Å². The van der Waals surface area contributed by atoms with Gasteiger partial charge in [0.25, 0.3) is 0 Å². The van der Waals surface area contributed by atoms with E-state index in [9.17, 15) is 0 Å². The minimum atomic E-state index is 1.04. The van der Waals surface area contributed by atoms with E-state index in [0.29, 0.717) is 0 Å². The lowest BCUT2D eigenvalue weighted by Crippen LogP contribution is -2.03. The summed E-state index contributed by atoms with van der Waals surface area (Å²) in [7, 11) is 0. The Morgan fingerprint density at radius 3 is 0.821 bits per heavy atom. The van der Waals surface area contributed by atoms with Gasteiger partial charge in [-0.15, -0.1) is 0 Å². The molecule has 168 valence electrons. The van der Waals surface area contributed by atoms with Crippen LogP contribution in [-0.2, 0) is 0 Å². The molecule has 0 aromatic heterocycles. The standard InChI is InChI=1S/C8H16.2C7H14.C6H12/c1-2-8-6-4-3-5-7-8;1-7-5-3-2-4-6-7;1-2-7-5-3-4-6-7;1-6-4-2-3-5-6/h8H,2-7H2,1H3;2*7H,2-6H2,1H3;6H,2-5H2,1H3. The Morgan fingerprint density at radius 2 is 0.643 bits per heavy atom. The van der Waals surface area contributed by atoms with Gasteiger partial charge in [0.2, 0.25) is 0 Å². The van der Waals surface area contributed by atoms with Gasteiger partial charge in [-0.25, -0.2) is 0 Å². The first-order chi connectivity index (χ1) is 13.7. The van der Waals surface area contributed by atoms with Gasteiger partial charge >= 0.3 is 0 Å². The van der Waals surface area contributed by atoms with Crippen LogP contribution in [0.1, 0.15) is 156 Å². The Kier molecular flexibility index (Phi) is 16.6. The van der Waals surface area contributed by atoms with E-state index in [1.54, 1.807) is 0 Å². The van der Waals surface area contributed by atoms with Gasteiger partial charge in [-0.05, 0) is 23.7 Å². The van der Waals surface area contributed by atoms with E-state index in [2.05, 4.69) is 27.7 Å². The predicted octanol–water partition coefficient (Wildman–Crippen LogP) is 10.3. The molecule has 0 bridgehead atoms. The molecule has 0 heterocycles. The normalized spacial score (nSPS) is 24.4. The molecule has 0 heteroatoms. The third kappa shape index (κ3) is 14.1. The van der Waals surface area contributed by atoms with Crippen molar-refractivity contribution < 1.29 is 0 Å². The highest BCUT2D eigenvalue weighted by Gasteiger charge is 2.11. The minimum Gasteiger partial charge on any atom is -0.0651 e. The van der Waals surface area contributed by atoms with Gasteiger partial charge < -0.3 is 0 Å². The third-order valence-electron chi connectivity index (χ3n) is 7.89. The van der Waals surface area contributed by atoms with Crippen LogP contribution in [0.25, 0.3) is 0 Å². The van der Waals surface area contributed by atoms with Crippen LogP contribution in [0.3, 0.4) is 0 Å². The van der Waals surface area contributed by atoms with Crippen molar-refractivity contribution >= 4 is 0 Å². The average Bonchev–Trinajstić information content (AvgIpc) is 3.44. The summed E-state index contributed by atoms with van der Waals surface area (Å²) in [5, 5.41) is 0. The highest BCUT2D eigenvalue weighted by molar-refractivity contribution is 4.65. The van der Waals surface area contributed by atoms with Gasteiger partial charge in [-0.2, -0.15) is 0 Å². The second-order valence-corrected chi connectivity index (χ2v) is 10.6. The van der Waals surface area contributed by atoms with Crippen molar-refractivity contribution in [2.24, 2.45) is 23.7 Å². The number of hydrogen-bond donors (Lipinski definition) is 0. The van der Waals surface area contributed by atoms with Crippen molar-refractivity contribution in [3.63, 3.8) is 0 Å². The first-order valence-electron chi connectivity index (χ1n) is 13.7. The molecule has 0 spiro atoms. The van der Waals surface area contributed by atoms with Crippen molar-refractivity contribution in [2.75, 3.05) is 0 Å². The quantitative estimate of drug-likeness (QED) is 0.438. The second-order valence-electron chi connectivity index (χ2n) is 10.6. The molecule has 4 rings (SSSR count). The van der Waals surface area contributed by atoms with Crippen LogP contribution in [0.4, 0.5) is 0 Å². The number of hydrogen-bond acceptors (Lipinski definition) is 0. The fourth-order valence-corrected chi connectivity index (χ4v) is 5.45. The topological polar surface area (TPSA) is 0 Å². The van der Waals surface area contributed by atoms with Crippen LogP contribution in [-0.4, -0.2) is 0 Å². The van der Waals surface area contributed by atoms with Crippen LogP contribution in [0.15, 0.2) is 0 Å². The highest BCUT2D eigenvalue weighted by atomic mass is 14.2. The molecule has 0 saturated heterocycles. The Labute approximate surface area is 180 Å². The van der Waals surface area contributed by atoms with E-state index in [1.807, 2.05) is 0 Å². The maximum absolute atomic E-state index is 2.36. The summed E-state index contributed by atoms with van der Waals surface area (Å²) in [6.45, 7) is 9.32. The Hall–Kier alpha value is 0. The molecule has 0 unspecified atom stereocenters. The van der Waals surface area contributed by atoms with Crippen molar-refractivity contribution in [3.8, 4) is 0 Å². The number of rotatable bonds is 2. The lowest BCUT2D eigenvalue weighted by Gasteiger charge is -2.18. The van der Waals surface area contributed by atoms with E-state index in [1.165, 1.54) is 128 Å². The van der Waals surface area contributed by atoms with Crippen molar-refractivity contribution in [1.82, 2.24) is 0 Å². The lowest BCUT2D eigenvalue weighted by atomic mass is 9.88. The molecule has 4 fully saturated rings. The van der Waals surface area contributed by atoms with Crippen LogP contribution in [0, 0.1) is 23.7 Å². The Balaban J connectivity index is 0.000000188. The monoisotopic (exact) mass is 392 g/mol. The minimum absolute atomic E-state index is 1.04. The van der Waals surface area contributed by atoms with Gasteiger partial charge in [0.05, 0.1) is 0 Å². The van der Waals surface area contributed by atoms with Crippen molar-refractivity contribution in [3.05, 3.63) is 0 Å². The van der Waals surface area contributed by atoms with Crippen LogP contribution in [0.5, 0.6) is 0 Å². The van der Waals surface area contributed by atoms with E-state index in [-0.39, 0.29) is 0 Å². The summed E-state index contributed by atoms with van der Waals surface area (Å²) in [6.07, 6.45) is 29.7. The molecule has 0 aromatic rings. The maximum atomic E-state index is 2.36. The van der Waals surface area contributed by atoms with Gasteiger partial charge in [0.1, 0.15) is 0 Å². The molecule has 0 N–H and O–H groups in total. The molecule has 0 aromatic carbocycles. The smallest absolute Gasteiger partial charge is 0.0417 e. The van der Waals surface area contributed by atoms with Gasteiger partial charge in [0, 0.05) is 0 Å². The fourth-order valence-electron chi connectivity index (χ4n) is 5.45. The van der Waals surface area contributed by atoms with E-state index in [4.69, 9.17) is 0 Å². The largest absolute Gasteiger partial charge is 0.0651 e. The summed E-state index contributed by atoms with van der Waals surface area (Å²) in [4.78, 5) is 0. The highest BCUT2D eigenvalue weighted by Crippen LogP contribution is 2.27. The molecular formula is C28H56. The van der Waals surface area contributed by atoms with Gasteiger partial charge in [0.15, 0.2) is 0 Å². The Bertz CT molecular complexity index is 296. The lowest BCUT2D eigenvalue weighted by molar-refractivity contribution is 0.349.